The van der Waals surface area contributed by atoms with E-state index in [2.05, 4.69) is 20.8 Å². The van der Waals surface area contributed by atoms with Crippen LogP contribution in [0.15, 0.2) is 16.6 Å². The molecule has 1 unspecified atom stereocenters. The summed E-state index contributed by atoms with van der Waals surface area (Å²) in [5.41, 5.74) is 0.133. The number of hydrogen-bond donors (Lipinski definition) is 0. The molecule has 2 aliphatic heterocycles. The summed E-state index contributed by atoms with van der Waals surface area (Å²) in [5.74, 6) is -0.952. The third-order valence-electron chi connectivity index (χ3n) is 4.14. The summed E-state index contributed by atoms with van der Waals surface area (Å²) < 4.78 is 28.4. The molecule has 0 spiro atoms. The highest BCUT2D eigenvalue weighted by Crippen LogP contribution is 2.30. The van der Waals surface area contributed by atoms with Gasteiger partial charge < -0.3 is 4.90 Å². The van der Waals surface area contributed by atoms with E-state index in [1.54, 1.807) is 0 Å². The fraction of sp³-hybridized carbons (Fsp3) is 0.571. The zero-order chi connectivity index (χ0) is 13.4. The molecule has 0 aliphatic carbocycles. The van der Waals surface area contributed by atoms with Gasteiger partial charge in [-0.1, -0.05) is 22.4 Å². The van der Waals surface area contributed by atoms with Crippen molar-refractivity contribution in [1.82, 2.24) is 4.90 Å². The summed E-state index contributed by atoms with van der Waals surface area (Å²) in [7, 11) is 0. The van der Waals surface area contributed by atoms with E-state index in [9.17, 15) is 8.78 Å². The van der Waals surface area contributed by atoms with Gasteiger partial charge in [0, 0.05) is 30.1 Å². The summed E-state index contributed by atoms with van der Waals surface area (Å²) in [6, 6.07) is 3.13. The molecule has 2 fully saturated rings. The molecule has 5 heteroatoms. The van der Waals surface area contributed by atoms with Crippen molar-refractivity contribution in [2.45, 2.75) is 25.3 Å². The molecule has 2 aliphatic rings. The van der Waals surface area contributed by atoms with E-state index in [1.165, 1.54) is 25.0 Å². The van der Waals surface area contributed by atoms with Crippen molar-refractivity contribution in [3.63, 3.8) is 0 Å². The van der Waals surface area contributed by atoms with Crippen molar-refractivity contribution in [1.29, 1.82) is 0 Å². The van der Waals surface area contributed by atoms with Gasteiger partial charge >= 0.3 is 0 Å². The van der Waals surface area contributed by atoms with Crippen LogP contribution >= 0.6 is 15.9 Å². The second-order valence-electron chi connectivity index (χ2n) is 5.35. The normalized spacial score (nSPS) is 24.4. The van der Waals surface area contributed by atoms with Crippen LogP contribution in [0.25, 0.3) is 0 Å². The van der Waals surface area contributed by atoms with Crippen molar-refractivity contribution in [2.75, 3.05) is 31.1 Å². The van der Waals surface area contributed by atoms with Crippen molar-refractivity contribution in [3.8, 4) is 0 Å². The van der Waals surface area contributed by atoms with E-state index < -0.39 is 11.6 Å². The van der Waals surface area contributed by atoms with E-state index in [-0.39, 0.29) is 5.69 Å². The number of fused-ring (bicyclic) bond motifs is 1. The molecule has 104 valence electrons. The quantitative estimate of drug-likeness (QED) is 0.778. The Morgan fingerprint density at radius 2 is 1.79 bits per heavy atom. The molecular formula is C14H17BrF2N2. The maximum Gasteiger partial charge on any atom is 0.150 e. The first-order valence-electron chi connectivity index (χ1n) is 6.78. The van der Waals surface area contributed by atoms with E-state index in [0.29, 0.717) is 17.1 Å². The van der Waals surface area contributed by atoms with Crippen LogP contribution in [0, 0.1) is 11.6 Å². The lowest BCUT2D eigenvalue weighted by molar-refractivity contribution is 0.133. The first-order valence-corrected chi connectivity index (χ1v) is 7.58. The molecule has 19 heavy (non-hydrogen) atoms. The van der Waals surface area contributed by atoms with Crippen LogP contribution in [-0.4, -0.2) is 37.1 Å². The number of piperazine rings is 1. The fourth-order valence-electron chi connectivity index (χ4n) is 3.20. The molecule has 2 nitrogen and oxygen atoms in total. The smallest absolute Gasteiger partial charge is 0.150 e. The van der Waals surface area contributed by atoms with Crippen molar-refractivity contribution >= 4 is 21.6 Å². The standard InChI is InChI=1S/C14H17BrF2N2/c15-10-7-12(16)14(13(17)8-10)19-6-5-18-4-2-1-3-11(18)9-19/h7-8,11H,1-6,9H2. The van der Waals surface area contributed by atoms with Gasteiger partial charge in [0.05, 0.1) is 0 Å². The number of hydrogen-bond acceptors (Lipinski definition) is 2. The van der Waals surface area contributed by atoms with Crippen LogP contribution in [0.2, 0.25) is 0 Å². The Kier molecular flexibility index (Phi) is 3.76. The highest BCUT2D eigenvalue weighted by Gasteiger charge is 2.31. The molecular weight excluding hydrogens is 314 g/mol. The first-order chi connectivity index (χ1) is 9.15. The summed E-state index contributed by atoms with van der Waals surface area (Å²) in [6.45, 7) is 3.46. The van der Waals surface area contributed by atoms with Gasteiger partial charge in [-0.05, 0) is 31.5 Å². The van der Waals surface area contributed by atoms with Gasteiger partial charge in [0.2, 0.25) is 0 Å². The van der Waals surface area contributed by atoms with Crippen LogP contribution in [0.1, 0.15) is 19.3 Å². The number of piperidine rings is 1. The lowest BCUT2D eigenvalue weighted by Gasteiger charge is -2.45. The van der Waals surface area contributed by atoms with Gasteiger partial charge in [-0.25, -0.2) is 8.78 Å². The molecule has 0 N–H and O–H groups in total. The molecule has 0 radical (unpaired) electrons. The van der Waals surface area contributed by atoms with E-state index in [1.807, 2.05) is 4.90 Å². The minimum Gasteiger partial charge on any atom is -0.364 e. The molecule has 0 bridgehead atoms. The zero-order valence-electron chi connectivity index (χ0n) is 10.7. The van der Waals surface area contributed by atoms with E-state index in [0.717, 1.165) is 26.1 Å². The summed E-state index contributed by atoms with van der Waals surface area (Å²) >= 11 is 3.12. The third kappa shape index (κ3) is 2.63. The fourth-order valence-corrected chi connectivity index (χ4v) is 3.60. The minimum atomic E-state index is -0.476. The Morgan fingerprint density at radius 3 is 2.53 bits per heavy atom. The molecule has 0 saturated carbocycles. The lowest BCUT2D eigenvalue weighted by atomic mass is 9.99. The second kappa shape index (κ2) is 5.37. The van der Waals surface area contributed by atoms with Crippen LogP contribution in [-0.2, 0) is 0 Å². The summed E-state index contributed by atoms with van der Waals surface area (Å²) in [4.78, 5) is 4.32. The number of rotatable bonds is 1. The molecule has 2 saturated heterocycles. The first kappa shape index (κ1) is 13.3. The van der Waals surface area contributed by atoms with E-state index >= 15 is 0 Å². The zero-order valence-corrected chi connectivity index (χ0v) is 12.3. The van der Waals surface area contributed by atoms with Gasteiger partial charge in [-0.3, -0.25) is 4.90 Å². The number of halogens is 3. The van der Waals surface area contributed by atoms with Gasteiger partial charge in [-0.2, -0.15) is 0 Å². The van der Waals surface area contributed by atoms with Gasteiger partial charge in [0.25, 0.3) is 0 Å². The molecule has 2 heterocycles. The Labute approximate surface area is 120 Å². The van der Waals surface area contributed by atoms with Crippen LogP contribution in [0.4, 0.5) is 14.5 Å². The van der Waals surface area contributed by atoms with Crippen molar-refractivity contribution in [3.05, 3.63) is 28.2 Å². The maximum absolute atomic E-state index is 14.0. The molecule has 1 atom stereocenters. The lowest BCUT2D eigenvalue weighted by Crippen LogP contribution is -2.55. The maximum atomic E-state index is 14.0. The predicted octanol–water partition coefficient (Wildman–Crippen LogP) is 3.40. The van der Waals surface area contributed by atoms with Crippen molar-refractivity contribution < 1.29 is 8.78 Å². The van der Waals surface area contributed by atoms with E-state index in [4.69, 9.17) is 0 Å². The molecule has 3 rings (SSSR count). The summed E-state index contributed by atoms with van der Waals surface area (Å²) in [6.07, 6.45) is 3.61. The number of anilines is 1. The van der Waals surface area contributed by atoms with Crippen LogP contribution < -0.4 is 4.90 Å². The van der Waals surface area contributed by atoms with Crippen molar-refractivity contribution in [2.24, 2.45) is 0 Å². The van der Waals surface area contributed by atoms with Gasteiger partial charge in [0.15, 0.2) is 11.6 Å². The molecule has 1 aromatic rings. The Morgan fingerprint density at radius 1 is 1.05 bits per heavy atom. The largest absolute Gasteiger partial charge is 0.364 e. The van der Waals surface area contributed by atoms with Crippen LogP contribution in [0.3, 0.4) is 0 Å². The Balaban J connectivity index is 1.83. The molecule has 0 amide bonds. The highest BCUT2D eigenvalue weighted by atomic mass is 79.9. The minimum absolute atomic E-state index is 0.133. The average Bonchev–Trinajstić information content (AvgIpc) is 2.37. The third-order valence-corrected chi connectivity index (χ3v) is 4.59. The highest BCUT2D eigenvalue weighted by molar-refractivity contribution is 9.10. The summed E-state index contributed by atoms with van der Waals surface area (Å²) in [5, 5.41) is 0. The van der Waals surface area contributed by atoms with Gasteiger partial charge in [-0.15, -0.1) is 0 Å². The SMILES string of the molecule is Fc1cc(Br)cc(F)c1N1CCN2CCCCC2C1. The Bertz CT molecular complexity index is 458. The van der Waals surface area contributed by atoms with Gasteiger partial charge in [0.1, 0.15) is 5.69 Å². The molecule has 1 aromatic carbocycles. The predicted molar refractivity (Wildman–Crippen MR) is 75.5 cm³/mol. The monoisotopic (exact) mass is 330 g/mol. The van der Waals surface area contributed by atoms with Crippen LogP contribution in [0.5, 0.6) is 0 Å². The average molecular weight is 331 g/mol. The molecule has 0 aromatic heterocycles. The Hall–Kier alpha value is -0.680. The number of nitrogens with zero attached hydrogens (tertiary/aromatic N) is 2. The second-order valence-corrected chi connectivity index (χ2v) is 6.27. The topological polar surface area (TPSA) is 6.48 Å². The number of benzene rings is 1.